The predicted molar refractivity (Wildman–Crippen MR) is 441 cm³/mol. The molecule has 8 nitrogen and oxygen atoms in total. The molecule has 4 aromatic heterocycles. The third-order valence-electron chi connectivity index (χ3n) is 23.7. The first kappa shape index (κ1) is 62.5. The van der Waals surface area contributed by atoms with Crippen molar-refractivity contribution in [3.05, 3.63) is 372 Å². The van der Waals surface area contributed by atoms with Gasteiger partial charge in [0.2, 0.25) is 0 Å². The number of nitrogens with zero attached hydrogens (tertiary/aromatic N) is 6. The lowest BCUT2D eigenvalue weighted by molar-refractivity contribution is 0.661. The summed E-state index contributed by atoms with van der Waals surface area (Å²) in [6.45, 7) is 9.40. The van der Waals surface area contributed by atoms with Gasteiger partial charge in [-0.1, -0.05) is 325 Å². The van der Waals surface area contributed by atoms with Gasteiger partial charge in [0.05, 0.1) is 16.5 Å². The van der Waals surface area contributed by atoms with Gasteiger partial charge in [-0.2, -0.15) is 0 Å². The summed E-state index contributed by atoms with van der Waals surface area (Å²) in [6.07, 6.45) is 0. The minimum atomic E-state index is -0.909. The van der Waals surface area contributed by atoms with Crippen molar-refractivity contribution in [1.29, 1.82) is 0 Å². The number of aromatic nitrogens is 6. The third kappa shape index (κ3) is 9.12. The highest BCUT2D eigenvalue weighted by Gasteiger charge is 2.49. The van der Waals surface area contributed by atoms with Crippen molar-refractivity contribution < 1.29 is 8.83 Å². The van der Waals surface area contributed by atoms with E-state index < -0.39 is 10.8 Å². The van der Waals surface area contributed by atoms with Crippen LogP contribution in [0.4, 0.5) is 0 Å². The summed E-state index contributed by atoms with van der Waals surface area (Å²) in [4.78, 5) is 33.9. The highest BCUT2D eigenvalue weighted by molar-refractivity contribution is 6.11. The van der Waals surface area contributed by atoms with Crippen molar-refractivity contribution in [2.24, 2.45) is 0 Å². The highest BCUT2D eigenvalue weighted by Crippen LogP contribution is 2.61. The van der Waals surface area contributed by atoms with Gasteiger partial charge in [-0.05, 0) is 141 Å². The molecule has 0 radical (unpaired) electrons. The fourth-order valence-corrected chi connectivity index (χ4v) is 19.0. The van der Waals surface area contributed by atoms with Crippen LogP contribution in [0.2, 0.25) is 0 Å². The summed E-state index contributed by atoms with van der Waals surface area (Å²) in [6, 6.07) is 118. The first-order valence-electron chi connectivity index (χ1n) is 37.4. The minimum Gasteiger partial charge on any atom is -0.455 e. The molecule has 0 aliphatic heterocycles. The Morgan fingerprint density at radius 2 is 0.606 bits per heavy atom. The Kier molecular flexibility index (Phi) is 13.5. The molecular weight excluding hydrogens is 1330 g/mol. The molecular formula is C101H66N6O2. The maximum atomic E-state index is 6.84. The van der Waals surface area contributed by atoms with Gasteiger partial charge in [-0.25, -0.2) is 29.9 Å². The van der Waals surface area contributed by atoms with Gasteiger partial charge in [-0.3, -0.25) is 0 Å². The highest BCUT2D eigenvalue weighted by atomic mass is 16.3. The second-order valence-electron chi connectivity index (χ2n) is 30.2. The molecule has 3 aliphatic carbocycles. The van der Waals surface area contributed by atoms with Gasteiger partial charge in [-0.15, -0.1) is 0 Å². The smallest absolute Gasteiger partial charge is 0.167 e. The lowest BCUT2D eigenvalue weighted by atomic mass is 9.66. The Morgan fingerprint density at radius 1 is 0.229 bits per heavy atom. The molecule has 1 unspecified atom stereocenters. The van der Waals surface area contributed by atoms with Crippen molar-refractivity contribution in [3.63, 3.8) is 0 Å². The van der Waals surface area contributed by atoms with Crippen LogP contribution in [-0.2, 0) is 16.2 Å². The molecule has 3 aliphatic rings. The number of fused-ring (bicyclic) bond motifs is 16. The van der Waals surface area contributed by atoms with Gasteiger partial charge < -0.3 is 8.83 Å². The molecule has 0 saturated heterocycles. The van der Waals surface area contributed by atoms with E-state index in [4.69, 9.17) is 38.7 Å². The van der Waals surface area contributed by atoms with Crippen LogP contribution in [0.3, 0.4) is 0 Å². The SMILES string of the molecule is CC1(C)c2ccccc2-c2cccc(-c3nc(-c4cccc5c4-c4cccc(-c6cccc(C7(c8ccccc8)c8ccccc8-c8cccc(-c9nc(-c%10ccccc%10-c%10cccc%11ccccc%10%11)nc(-c%10cccc%11c%10oc%10ccccc%10%11)n9)c87)c6)c4C5(C)C)nc(-c4cccc5c4oc4ccccc45)n3)c21. The zero-order valence-electron chi connectivity index (χ0n) is 60.2. The van der Waals surface area contributed by atoms with E-state index in [1.807, 2.05) is 24.3 Å². The second kappa shape index (κ2) is 23.6. The number of hydrogen-bond acceptors (Lipinski definition) is 8. The first-order chi connectivity index (χ1) is 53.6. The van der Waals surface area contributed by atoms with Gasteiger partial charge in [0.25, 0.3) is 0 Å². The molecule has 109 heavy (non-hydrogen) atoms. The van der Waals surface area contributed by atoms with Gasteiger partial charge in [0.1, 0.15) is 22.3 Å². The van der Waals surface area contributed by atoms with E-state index in [1.54, 1.807) is 0 Å². The lowest BCUT2D eigenvalue weighted by Gasteiger charge is -2.35. The normalized spacial score (nSPS) is 14.8. The standard InChI is InChI=1S/C101H66N6O2/c1-99(2)82-53-16-12-36-67(82)71-43-23-49-78(89(71)99)95-104-94(105-98(106-95)81-52-26-46-74-70-39-15-19-57-86(70)109-92(74)81)77-48-27-55-84-87(77)76-47-22-41-64(88(76)100(84,3)4)60-30-20-33-62(58-60)101(61-31-6-5-7-32-61)83-54-17-13-37-68(83)72-44-24-50-79(90(72)101)96-102-93(75-40-11-10-35-66(75)65-42-21-29-59-28-8-9-34-63(59)65)103-97(107-96)80-51-25-45-73-69-38-14-18-56-85(69)108-91(73)80/h5-58H,1-4H3. The van der Waals surface area contributed by atoms with Gasteiger partial charge in [0.15, 0.2) is 34.9 Å². The molecule has 512 valence electrons. The van der Waals surface area contributed by atoms with Crippen LogP contribution in [-0.4, -0.2) is 29.9 Å². The molecule has 0 amide bonds. The lowest BCUT2D eigenvalue weighted by Crippen LogP contribution is -2.29. The van der Waals surface area contributed by atoms with Crippen molar-refractivity contribution >= 4 is 54.6 Å². The Balaban J connectivity index is 0.743. The van der Waals surface area contributed by atoms with E-state index in [1.165, 1.54) is 38.9 Å². The Morgan fingerprint density at radius 3 is 1.28 bits per heavy atom. The van der Waals surface area contributed by atoms with E-state index in [-0.39, 0.29) is 5.41 Å². The summed E-state index contributed by atoms with van der Waals surface area (Å²) >= 11 is 0. The van der Waals surface area contributed by atoms with Crippen LogP contribution in [0.15, 0.2) is 336 Å². The average molecular weight is 1400 g/mol. The third-order valence-corrected chi connectivity index (χ3v) is 23.7. The molecule has 0 saturated carbocycles. The summed E-state index contributed by atoms with van der Waals surface area (Å²) in [7, 11) is 0. The second-order valence-corrected chi connectivity index (χ2v) is 30.2. The van der Waals surface area contributed by atoms with Crippen molar-refractivity contribution in [1.82, 2.24) is 29.9 Å². The number of rotatable bonds is 10. The maximum Gasteiger partial charge on any atom is 0.167 e. The number of furan rings is 2. The maximum absolute atomic E-state index is 6.84. The summed E-state index contributed by atoms with van der Waals surface area (Å²) in [5, 5.41) is 6.37. The topological polar surface area (TPSA) is 104 Å². The van der Waals surface area contributed by atoms with E-state index in [0.29, 0.717) is 40.5 Å². The molecule has 15 aromatic carbocycles. The fourth-order valence-electron chi connectivity index (χ4n) is 19.0. The quantitative estimate of drug-likeness (QED) is 0.133. The predicted octanol–water partition coefficient (Wildman–Crippen LogP) is 25.3. The molecule has 8 heteroatoms. The van der Waals surface area contributed by atoms with Crippen LogP contribution in [0, 0.1) is 0 Å². The average Bonchev–Trinajstić information content (AvgIpc) is 1.54. The number of hydrogen-bond donors (Lipinski definition) is 0. The Hall–Kier alpha value is -13.8. The number of para-hydroxylation sites is 4. The van der Waals surface area contributed by atoms with Crippen LogP contribution in [0.25, 0.3) is 179 Å². The molecule has 0 fully saturated rings. The molecule has 1 atom stereocenters. The largest absolute Gasteiger partial charge is 0.455 e. The Labute approximate surface area is 629 Å². The van der Waals surface area contributed by atoms with E-state index >= 15 is 0 Å². The van der Waals surface area contributed by atoms with Crippen molar-refractivity contribution in [2.75, 3.05) is 0 Å². The van der Waals surface area contributed by atoms with Crippen LogP contribution >= 0.6 is 0 Å². The van der Waals surface area contributed by atoms with Crippen LogP contribution < -0.4 is 0 Å². The minimum absolute atomic E-state index is 0.338. The van der Waals surface area contributed by atoms with E-state index in [2.05, 4.69) is 331 Å². The fraction of sp³-hybridized carbons (Fsp3) is 0.0693. The van der Waals surface area contributed by atoms with E-state index in [9.17, 15) is 0 Å². The molecule has 19 aromatic rings. The molecule has 0 bridgehead atoms. The zero-order chi connectivity index (χ0) is 72.4. The molecule has 4 heterocycles. The summed E-state index contributed by atoms with van der Waals surface area (Å²) < 4.78 is 13.6. The van der Waals surface area contributed by atoms with Crippen LogP contribution in [0.1, 0.15) is 72.2 Å². The monoisotopic (exact) mass is 1390 g/mol. The van der Waals surface area contributed by atoms with Crippen molar-refractivity contribution in [3.8, 4) is 124 Å². The van der Waals surface area contributed by atoms with E-state index in [0.717, 1.165) is 144 Å². The molecule has 0 N–H and O–H groups in total. The molecule has 22 rings (SSSR count). The van der Waals surface area contributed by atoms with Gasteiger partial charge in [0, 0.05) is 54.6 Å². The van der Waals surface area contributed by atoms with Crippen LogP contribution in [0.5, 0.6) is 0 Å². The first-order valence-corrected chi connectivity index (χ1v) is 37.4. The zero-order valence-corrected chi connectivity index (χ0v) is 60.2. The van der Waals surface area contributed by atoms with Gasteiger partial charge >= 0.3 is 0 Å². The summed E-state index contributed by atoms with van der Waals surface area (Å²) in [5.74, 6) is 3.34. The molecule has 0 spiro atoms. The number of benzene rings is 15. The Bertz CT molecular complexity index is 7080. The summed E-state index contributed by atoms with van der Waals surface area (Å²) in [5.41, 5.74) is 27.2. The van der Waals surface area contributed by atoms with Crippen molar-refractivity contribution in [2.45, 2.75) is 43.9 Å².